The summed E-state index contributed by atoms with van der Waals surface area (Å²) in [6, 6.07) is 0. The third-order valence-corrected chi connectivity index (χ3v) is 4.43. The highest BCUT2D eigenvalue weighted by atomic mass is 16.5. The van der Waals surface area contributed by atoms with Crippen LogP contribution in [0.3, 0.4) is 0 Å². The average molecular weight is 393 g/mol. The normalized spacial score (nSPS) is 21.7. The van der Waals surface area contributed by atoms with Gasteiger partial charge in [0, 0.05) is 18.4 Å². The minimum Gasteiger partial charge on any atom is -0.465 e. The summed E-state index contributed by atoms with van der Waals surface area (Å²) in [6.45, 7) is 13.3. The van der Waals surface area contributed by atoms with Gasteiger partial charge in [-0.2, -0.15) is 0 Å². The predicted molar refractivity (Wildman–Crippen MR) is 103 cm³/mol. The topological polar surface area (TPSA) is 90.9 Å². The second kappa shape index (κ2) is 7.97. The molecule has 7 heteroatoms. The number of nitrogens with one attached hydrogen (secondary N) is 1. The minimum atomic E-state index is -1.16. The maximum atomic E-state index is 12.9. The van der Waals surface area contributed by atoms with Crippen LogP contribution in [0.5, 0.6) is 0 Å². The molecule has 1 aliphatic heterocycles. The Kier molecular flexibility index (Phi) is 6.26. The first-order valence-corrected chi connectivity index (χ1v) is 9.70. The van der Waals surface area contributed by atoms with E-state index in [1.54, 1.807) is 13.8 Å². The van der Waals surface area contributed by atoms with Gasteiger partial charge in [0.05, 0.1) is 18.8 Å². The molecular weight excluding hydrogens is 362 g/mol. The highest BCUT2D eigenvalue weighted by molar-refractivity contribution is 6.08. The monoisotopic (exact) mass is 393 g/mol. The highest BCUT2D eigenvalue weighted by Gasteiger charge is 2.48. The van der Waals surface area contributed by atoms with Crippen LogP contribution in [-0.4, -0.2) is 36.5 Å². The zero-order valence-electron chi connectivity index (χ0n) is 17.9. The molecule has 0 saturated heterocycles. The van der Waals surface area contributed by atoms with E-state index in [1.165, 1.54) is 0 Å². The molecule has 0 aromatic carbocycles. The lowest BCUT2D eigenvalue weighted by atomic mass is 9.71. The molecule has 1 heterocycles. The summed E-state index contributed by atoms with van der Waals surface area (Å²) >= 11 is 0. The van der Waals surface area contributed by atoms with E-state index in [1.807, 2.05) is 34.6 Å². The average Bonchev–Trinajstić information content (AvgIpc) is 2.51. The maximum absolute atomic E-state index is 12.9. The first kappa shape index (κ1) is 22.0. The summed E-state index contributed by atoms with van der Waals surface area (Å²) in [7, 11) is 0. The van der Waals surface area contributed by atoms with Gasteiger partial charge in [0.1, 0.15) is 17.3 Å². The molecule has 1 atom stereocenters. The van der Waals surface area contributed by atoms with Gasteiger partial charge in [0.25, 0.3) is 0 Å². The molecule has 1 N–H and O–H groups in total. The summed E-state index contributed by atoms with van der Waals surface area (Å²) in [5, 5.41) is 3.15. The molecule has 2 rings (SSSR count). The van der Waals surface area contributed by atoms with Crippen LogP contribution in [0.1, 0.15) is 61.3 Å². The van der Waals surface area contributed by atoms with Crippen molar-refractivity contribution in [3.8, 4) is 0 Å². The van der Waals surface area contributed by atoms with E-state index >= 15 is 0 Å². The van der Waals surface area contributed by atoms with Crippen molar-refractivity contribution in [2.24, 2.45) is 11.3 Å². The van der Waals surface area contributed by atoms with E-state index in [0.29, 0.717) is 12.2 Å². The Balaban J connectivity index is 2.66. The summed E-state index contributed by atoms with van der Waals surface area (Å²) in [6.07, 6.45) is 0.749. The lowest BCUT2D eigenvalue weighted by molar-refractivity contribution is -0.150. The van der Waals surface area contributed by atoms with E-state index < -0.39 is 23.4 Å². The van der Waals surface area contributed by atoms with E-state index in [9.17, 15) is 14.4 Å². The van der Waals surface area contributed by atoms with Gasteiger partial charge in [0.2, 0.25) is 5.88 Å². The van der Waals surface area contributed by atoms with Crippen LogP contribution in [0.4, 0.5) is 0 Å². The van der Waals surface area contributed by atoms with E-state index in [-0.39, 0.29) is 47.9 Å². The van der Waals surface area contributed by atoms with Crippen LogP contribution in [-0.2, 0) is 28.6 Å². The van der Waals surface area contributed by atoms with E-state index in [2.05, 4.69) is 5.32 Å². The zero-order chi connectivity index (χ0) is 21.3. The van der Waals surface area contributed by atoms with Gasteiger partial charge in [-0.05, 0) is 40.0 Å². The molecule has 7 nitrogen and oxygen atoms in total. The molecule has 156 valence electrons. The third kappa shape index (κ3) is 4.75. The molecular formula is C21H31NO6. The Labute approximate surface area is 166 Å². The molecule has 1 aliphatic carbocycles. The van der Waals surface area contributed by atoms with E-state index in [0.717, 1.165) is 0 Å². The molecule has 0 fully saturated rings. The lowest BCUT2D eigenvalue weighted by Crippen LogP contribution is -2.44. The van der Waals surface area contributed by atoms with Crippen molar-refractivity contribution in [2.75, 3.05) is 13.2 Å². The number of allylic oxidation sites excluding steroid dienone is 1. The van der Waals surface area contributed by atoms with Crippen molar-refractivity contribution >= 4 is 17.7 Å². The number of rotatable bonds is 5. The van der Waals surface area contributed by atoms with Crippen LogP contribution in [0, 0.1) is 11.3 Å². The number of Topliss-reactive ketones (excluding diaryl/α,β-unsaturated/α-hetero) is 1. The van der Waals surface area contributed by atoms with Gasteiger partial charge in [-0.3, -0.25) is 9.59 Å². The fourth-order valence-electron chi connectivity index (χ4n) is 3.46. The van der Waals surface area contributed by atoms with Gasteiger partial charge in [-0.15, -0.1) is 0 Å². The molecule has 0 saturated carbocycles. The number of carbonyl (C=O) groups is 3. The fourth-order valence-corrected chi connectivity index (χ4v) is 3.46. The summed E-state index contributed by atoms with van der Waals surface area (Å²) < 4.78 is 16.4. The number of hydrogen-bond acceptors (Lipinski definition) is 7. The van der Waals surface area contributed by atoms with Gasteiger partial charge in [-0.25, -0.2) is 4.79 Å². The Morgan fingerprint density at radius 2 is 1.75 bits per heavy atom. The van der Waals surface area contributed by atoms with Gasteiger partial charge >= 0.3 is 11.9 Å². The molecule has 0 aromatic rings. The van der Waals surface area contributed by atoms with Crippen molar-refractivity contribution in [3.63, 3.8) is 0 Å². The quantitative estimate of drug-likeness (QED) is 0.718. The number of esters is 2. The molecule has 0 bridgehead atoms. The molecule has 1 unspecified atom stereocenters. The van der Waals surface area contributed by atoms with Crippen molar-refractivity contribution in [1.29, 1.82) is 0 Å². The lowest BCUT2D eigenvalue weighted by Gasteiger charge is -2.39. The second-order valence-electron chi connectivity index (χ2n) is 8.90. The van der Waals surface area contributed by atoms with Crippen LogP contribution in [0.25, 0.3) is 0 Å². The maximum Gasteiger partial charge on any atom is 0.340 e. The third-order valence-electron chi connectivity index (χ3n) is 4.43. The molecule has 0 amide bonds. The van der Waals surface area contributed by atoms with Crippen LogP contribution >= 0.6 is 0 Å². The fraction of sp³-hybridized carbons (Fsp3) is 0.667. The Morgan fingerprint density at radius 3 is 2.29 bits per heavy atom. The van der Waals surface area contributed by atoms with Gasteiger partial charge in [0.15, 0.2) is 5.78 Å². The van der Waals surface area contributed by atoms with Crippen molar-refractivity contribution < 1.29 is 28.6 Å². The number of ketones is 1. The summed E-state index contributed by atoms with van der Waals surface area (Å²) in [4.78, 5) is 38.6. The summed E-state index contributed by atoms with van der Waals surface area (Å²) in [5.74, 6) is -2.15. The molecule has 0 aromatic heterocycles. The predicted octanol–water partition coefficient (Wildman–Crippen LogP) is 3.00. The summed E-state index contributed by atoms with van der Waals surface area (Å²) in [5.41, 5.74) is -0.551. The molecule has 2 aliphatic rings. The Morgan fingerprint density at radius 1 is 1.14 bits per heavy atom. The van der Waals surface area contributed by atoms with E-state index in [4.69, 9.17) is 14.2 Å². The van der Waals surface area contributed by atoms with Gasteiger partial charge in [-0.1, -0.05) is 13.8 Å². The van der Waals surface area contributed by atoms with Crippen LogP contribution < -0.4 is 5.32 Å². The van der Waals surface area contributed by atoms with Crippen LogP contribution in [0.2, 0.25) is 0 Å². The number of ether oxygens (including phenoxy) is 3. The SMILES string of the molecule is CCOC(=O)C1=C(NC(C)(C)C)OC2=C(C(=O)CC(C)(C)C2)C1C(=O)OCC. The second-order valence-corrected chi connectivity index (χ2v) is 8.90. The van der Waals surface area contributed by atoms with Crippen molar-refractivity contribution in [3.05, 3.63) is 22.8 Å². The first-order chi connectivity index (χ1) is 12.9. The van der Waals surface area contributed by atoms with Crippen LogP contribution in [0.15, 0.2) is 22.8 Å². The standard InChI is InChI=1S/C21H31NO6/c1-8-26-18(24)15-14-12(23)10-21(6,7)11-13(14)28-17(22-20(3,4)5)16(15)19(25)27-9-2/h15,22H,8-11H2,1-7H3. The minimum absolute atomic E-state index is 0.0120. The van der Waals surface area contributed by atoms with Gasteiger partial charge < -0.3 is 19.5 Å². The Hall–Kier alpha value is -2.31. The largest absolute Gasteiger partial charge is 0.465 e. The zero-order valence-corrected chi connectivity index (χ0v) is 17.9. The Bertz CT molecular complexity index is 738. The highest BCUT2D eigenvalue weighted by Crippen LogP contribution is 2.45. The molecule has 0 radical (unpaired) electrons. The first-order valence-electron chi connectivity index (χ1n) is 9.70. The smallest absolute Gasteiger partial charge is 0.340 e. The number of hydrogen-bond donors (Lipinski definition) is 1. The molecule has 0 spiro atoms. The van der Waals surface area contributed by atoms with Crippen molar-refractivity contribution in [1.82, 2.24) is 5.32 Å². The number of carbonyl (C=O) groups excluding carboxylic acids is 3. The van der Waals surface area contributed by atoms with Crippen molar-refractivity contribution in [2.45, 2.75) is 66.8 Å². The molecule has 28 heavy (non-hydrogen) atoms.